The maximum absolute atomic E-state index is 12.0. The minimum Gasteiger partial charge on any atom is -0.444 e. The maximum Gasteiger partial charge on any atom is 0.410 e. The van der Waals surface area contributed by atoms with Gasteiger partial charge in [0.15, 0.2) is 0 Å². The summed E-state index contributed by atoms with van der Waals surface area (Å²) < 4.78 is 5.40. The van der Waals surface area contributed by atoms with E-state index < -0.39 is 5.60 Å². The smallest absolute Gasteiger partial charge is 0.410 e. The Morgan fingerprint density at radius 1 is 1.41 bits per heavy atom. The highest BCUT2D eigenvalue weighted by Gasteiger charge is 2.29. The number of hydrogen-bond acceptors (Lipinski definition) is 4. The fraction of sp³-hybridized carbons (Fsp3) is 0.917. The molecule has 1 saturated heterocycles. The van der Waals surface area contributed by atoms with E-state index >= 15 is 0 Å². The van der Waals surface area contributed by atoms with Crippen molar-refractivity contribution in [1.82, 2.24) is 4.90 Å². The molecule has 1 amide bonds. The number of nitrogens with two attached hydrogens (primary N) is 1. The van der Waals surface area contributed by atoms with E-state index in [4.69, 9.17) is 10.6 Å². The fourth-order valence-electron chi connectivity index (χ4n) is 2.07. The van der Waals surface area contributed by atoms with Crippen LogP contribution in [-0.2, 0) is 9.57 Å². The van der Waals surface area contributed by atoms with Gasteiger partial charge in [-0.15, -0.1) is 0 Å². The van der Waals surface area contributed by atoms with Gasteiger partial charge >= 0.3 is 6.09 Å². The first-order valence-corrected chi connectivity index (χ1v) is 6.25. The average molecular weight is 244 g/mol. The lowest BCUT2D eigenvalue weighted by molar-refractivity contribution is 0.00437. The van der Waals surface area contributed by atoms with Crippen molar-refractivity contribution in [2.75, 3.05) is 13.2 Å². The van der Waals surface area contributed by atoms with Crippen LogP contribution in [0, 0.1) is 0 Å². The summed E-state index contributed by atoms with van der Waals surface area (Å²) in [5.41, 5.74) is -0.441. The lowest BCUT2D eigenvalue weighted by Crippen LogP contribution is -2.46. The Kier molecular flexibility index (Phi) is 5.21. The summed E-state index contributed by atoms with van der Waals surface area (Å²) in [5.74, 6) is 5.03. The number of amides is 1. The first-order valence-electron chi connectivity index (χ1n) is 6.25. The molecule has 0 spiro atoms. The Bertz CT molecular complexity index is 251. The molecule has 100 valence electrons. The zero-order chi connectivity index (χ0) is 12.9. The number of piperidine rings is 1. The van der Waals surface area contributed by atoms with E-state index in [0.717, 1.165) is 32.2 Å². The minimum absolute atomic E-state index is 0.196. The molecule has 1 atom stereocenters. The van der Waals surface area contributed by atoms with Crippen LogP contribution in [0.15, 0.2) is 0 Å². The van der Waals surface area contributed by atoms with E-state index in [9.17, 15) is 4.79 Å². The largest absolute Gasteiger partial charge is 0.444 e. The summed E-state index contributed by atoms with van der Waals surface area (Å²) in [5, 5.41) is 0. The Balaban J connectivity index is 2.54. The molecule has 0 aromatic rings. The molecule has 0 aromatic heterocycles. The third kappa shape index (κ3) is 4.91. The molecule has 0 saturated carbocycles. The molecule has 2 N–H and O–H groups in total. The van der Waals surface area contributed by atoms with Crippen molar-refractivity contribution >= 4 is 6.09 Å². The number of ether oxygens (including phenoxy) is 1. The lowest BCUT2D eigenvalue weighted by Gasteiger charge is -2.36. The molecule has 1 rings (SSSR count). The van der Waals surface area contributed by atoms with Gasteiger partial charge in [0, 0.05) is 12.6 Å². The Morgan fingerprint density at radius 2 is 2.12 bits per heavy atom. The summed E-state index contributed by atoms with van der Waals surface area (Å²) in [6, 6.07) is 0.196. The number of nitrogens with zero attached hydrogens (tertiary/aromatic N) is 1. The molecule has 5 heteroatoms. The van der Waals surface area contributed by atoms with Crippen molar-refractivity contribution in [3.63, 3.8) is 0 Å². The van der Waals surface area contributed by atoms with Crippen LogP contribution in [0.25, 0.3) is 0 Å². The quantitative estimate of drug-likeness (QED) is 0.772. The highest BCUT2D eigenvalue weighted by Crippen LogP contribution is 2.22. The van der Waals surface area contributed by atoms with Gasteiger partial charge in [0.05, 0.1) is 6.61 Å². The van der Waals surface area contributed by atoms with Gasteiger partial charge in [-0.1, -0.05) is 0 Å². The van der Waals surface area contributed by atoms with Gasteiger partial charge in [0.25, 0.3) is 0 Å². The van der Waals surface area contributed by atoms with E-state index in [1.807, 2.05) is 25.7 Å². The first kappa shape index (κ1) is 14.3. The zero-order valence-corrected chi connectivity index (χ0v) is 11.1. The van der Waals surface area contributed by atoms with Gasteiger partial charge in [-0.05, 0) is 46.5 Å². The Morgan fingerprint density at radius 3 is 2.71 bits per heavy atom. The Hall–Kier alpha value is -0.810. The molecule has 0 aliphatic carbocycles. The predicted molar refractivity (Wildman–Crippen MR) is 65.3 cm³/mol. The molecule has 1 heterocycles. The second-order valence-electron chi connectivity index (χ2n) is 5.48. The summed E-state index contributed by atoms with van der Waals surface area (Å²) in [6.07, 6.45) is 3.74. The topological polar surface area (TPSA) is 64.8 Å². The molecule has 17 heavy (non-hydrogen) atoms. The van der Waals surface area contributed by atoms with Crippen LogP contribution in [0.3, 0.4) is 0 Å². The van der Waals surface area contributed by atoms with Crippen molar-refractivity contribution in [2.24, 2.45) is 5.90 Å². The van der Waals surface area contributed by atoms with Crippen LogP contribution >= 0.6 is 0 Å². The maximum atomic E-state index is 12.0. The molecule has 0 radical (unpaired) electrons. The summed E-state index contributed by atoms with van der Waals surface area (Å²) in [6.45, 7) is 6.89. The average Bonchev–Trinajstić information content (AvgIpc) is 2.24. The van der Waals surface area contributed by atoms with E-state index in [2.05, 4.69) is 4.84 Å². The second kappa shape index (κ2) is 6.21. The monoisotopic (exact) mass is 244 g/mol. The van der Waals surface area contributed by atoms with Crippen molar-refractivity contribution in [3.05, 3.63) is 0 Å². The van der Waals surface area contributed by atoms with Crippen LogP contribution in [-0.4, -0.2) is 35.8 Å². The second-order valence-corrected chi connectivity index (χ2v) is 5.48. The van der Waals surface area contributed by atoms with Gasteiger partial charge in [-0.25, -0.2) is 10.7 Å². The SMILES string of the molecule is CC(C)(C)OC(=O)N1CCCCC1CCON. The number of hydrogen-bond donors (Lipinski definition) is 1. The molecule has 1 unspecified atom stereocenters. The normalized spacial score (nSPS) is 21.4. The van der Waals surface area contributed by atoms with Crippen LogP contribution in [0.1, 0.15) is 46.5 Å². The van der Waals surface area contributed by atoms with Crippen molar-refractivity contribution in [2.45, 2.75) is 58.1 Å². The van der Waals surface area contributed by atoms with Crippen molar-refractivity contribution in [3.8, 4) is 0 Å². The van der Waals surface area contributed by atoms with Gasteiger partial charge in [0.2, 0.25) is 0 Å². The highest BCUT2D eigenvalue weighted by atomic mass is 16.6. The van der Waals surface area contributed by atoms with Gasteiger partial charge in [-0.3, -0.25) is 0 Å². The van der Waals surface area contributed by atoms with E-state index in [1.165, 1.54) is 0 Å². The molecule has 1 aliphatic heterocycles. The number of carbonyl (C=O) groups excluding carboxylic acids is 1. The summed E-state index contributed by atoms with van der Waals surface area (Å²) in [7, 11) is 0. The Labute approximate surface area is 103 Å². The molecule has 0 aromatic carbocycles. The fourth-order valence-corrected chi connectivity index (χ4v) is 2.07. The standard InChI is InChI=1S/C12H24N2O3/c1-12(2,3)17-11(15)14-8-5-4-6-10(14)7-9-16-13/h10H,4-9,13H2,1-3H3. The van der Waals surface area contributed by atoms with Crippen LogP contribution in [0.2, 0.25) is 0 Å². The van der Waals surface area contributed by atoms with Crippen molar-refractivity contribution < 1.29 is 14.4 Å². The van der Waals surface area contributed by atoms with Gasteiger partial charge < -0.3 is 14.5 Å². The molecular weight excluding hydrogens is 220 g/mol. The lowest BCUT2D eigenvalue weighted by atomic mass is 10.0. The van der Waals surface area contributed by atoms with Gasteiger partial charge in [0.1, 0.15) is 5.60 Å². The van der Waals surface area contributed by atoms with E-state index in [-0.39, 0.29) is 12.1 Å². The molecular formula is C12H24N2O3. The van der Waals surface area contributed by atoms with E-state index in [0.29, 0.717) is 6.61 Å². The van der Waals surface area contributed by atoms with Crippen molar-refractivity contribution in [1.29, 1.82) is 0 Å². The van der Waals surface area contributed by atoms with E-state index in [1.54, 1.807) is 0 Å². The van der Waals surface area contributed by atoms with Crippen LogP contribution < -0.4 is 5.90 Å². The first-order chi connectivity index (χ1) is 7.94. The van der Waals surface area contributed by atoms with Crippen LogP contribution in [0.5, 0.6) is 0 Å². The minimum atomic E-state index is -0.441. The van der Waals surface area contributed by atoms with Crippen LogP contribution in [0.4, 0.5) is 4.79 Å². The molecule has 1 aliphatic rings. The summed E-state index contributed by atoms with van der Waals surface area (Å²) in [4.78, 5) is 18.4. The molecule has 1 fully saturated rings. The highest BCUT2D eigenvalue weighted by molar-refractivity contribution is 5.68. The third-order valence-electron chi connectivity index (χ3n) is 2.82. The number of rotatable bonds is 3. The zero-order valence-electron chi connectivity index (χ0n) is 11.1. The number of likely N-dealkylation sites (tertiary alicyclic amines) is 1. The number of carbonyl (C=O) groups is 1. The third-order valence-corrected chi connectivity index (χ3v) is 2.82. The van der Waals surface area contributed by atoms with Gasteiger partial charge in [-0.2, -0.15) is 0 Å². The summed E-state index contributed by atoms with van der Waals surface area (Å²) >= 11 is 0. The molecule has 5 nitrogen and oxygen atoms in total. The molecule has 0 bridgehead atoms. The predicted octanol–water partition coefficient (Wildman–Crippen LogP) is 2.06.